The number of esters is 1. The van der Waals surface area contributed by atoms with Crippen LogP contribution < -0.4 is 0 Å². The Labute approximate surface area is 154 Å². The Morgan fingerprint density at radius 1 is 1.24 bits per heavy atom. The molecule has 0 aliphatic carbocycles. The third kappa shape index (κ3) is 7.16. The molecule has 0 spiro atoms. The van der Waals surface area contributed by atoms with Crippen LogP contribution in [0.2, 0.25) is 18.1 Å². The first-order valence-corrected chi connectivity index (χ1v) is 12.1. The molecule has 0 saturated heterocycles. The van der Waals surface area contributed by atoms with Crippen molar-refractivity contribution in [2.75, 3.05) is 6.61 Å². The molecule has 0 radical (unpaired) electrons. The molecule has 0 unspecified atom stereocenters. The summed E-state index contributed by atoms with van der Waals surface area (Å²) >= 11 is 0. The quantitative estimate of drug-likeness (QED) is 0.251. The molecule has 0 amide bonds. The maximum absolute atomic E-state index is 11.6. The van der Waals surface area contributed by atoms with Crippen molar-refractivity contribution in [3.8, 4) is 0 Å². The number of aryl methyl sites for hydroxylation is 1. The molecule has 1 aromatic carbocycles. The van der Waals surface area contributed by atoms with Gasteiger partial charge in [0.1, 0.15) is 0 Å². The zero-order valence-electron chi connectivity index (χ0n) is 16.9. The molecule has 0 aliphatic rings. The van der Waals surface area contributed by atoms with Gasteiger partial charge in [0, 0.05) is 6.08 Å². The fourth-order valence-corrected chi connectivity index (χ4v) is 2.94. The number of carbonyl (C=O) groups is 1. The Hall–Kier alpha value is -1.39. The van der Waals surface area contributed by atoms with Crippen LogP contribution in [0.4, 0.5) is 0 Å². The number of ether oxygens (including phenoxy) is 1. The zero-order chi connectivity index (χ0) is 19.1. The first-order valence-electron chi connectivity index (χ1n) is 9.15. The Bertz CT molecular complexity index is 598. The largest absolute Gasteiger partial charge is 0.463 e. The van der Waals surface area contributed by atoms with Gasteiger partial charge in [-0.1, -0.05) is 52.3 Å². The smallest absolute Gasteiger partial charge is 0.330 e. The number of unbranched alkanes of at least 4 members (excludes halogenated alkanes) is 1. The van der Waals surface area contributed by atoms with E-state index < -0.39 is 8.32 Å². The maximum atomic E-state index is 11.6. The number of hydrogen-bond donors (Lipinski definition) is 0. The summed E-state index contributed by atoms with van der Waals surface area (Å²) in [6.45, 7) is 16.6. The van der Waals surface area contributed by atoms with Gasteiger partial charge in [0.25, 0.3) is 0 Å². The second kappa shape index (κ2) is 9.34. The van der Waals surface area contributed by atoms with Crippen LogP contribution in [0.15, 0.2) is 24.3 Å². The molecule has 0 bridgehead atoms. The Kier molecular flexibility index (Phi) is 8.09. The number of carbonyl (C=O) groups excluding carboxylic acids is 1. The Balaban J connectivity index is 2.67. The van der Waals surface area contributed by atoms with E-state index in [0.29, 0.717) is 13.2 Å². The van der Waals surface area contributed by atoms with Crippen molar-refractivity contribution in [2.45, 2.75) is 72.2 Å². The molecule has 25 heavy (non-hydrogen) atoms. The highest BCUT2D eigenvalue weighted by Gasteiger charge is 2.37. The van der Waals surface area contributed by atoms with Crippen molar-refractivity contribution in [2.24, 2.45) is 0 Å². The van der Waals surface area contributed by atoms with Gasteiger partial charge in [0.2, 0.25) is 0 Å². The standard InChI is InChI=1S/C21H34O3Si/c1-8-9-14-23-20(22)13-11-18-10-12-19(17(2)15-18)16-24-25(6,7)21(3,4)5/h10-13,15H,8-9,14,16H2,1-7H3. The van der Waals surface area contributed by atoms with Gasteiger partial charge >= 0.3 is 5.97 Å². The van der Waals surface area contributed by atoms with Gasteiger partial charge in [-0.15, -0.1) is 0 Å². The van der Waals surface area contributed by atoms with Gasteiger partial charge < -0.3 is 9.16 Å². The lowest BCUT2D eigenvalue weighted by Crippen LogP contribution is -2.40. The Morgan fingerprint density at radius 2 is 1.92 bits per heavy atom. The van der Waals surface area contributed by atoms with Gasteiger partial charge in [-0.3, -0.25) is 0 Å². The van der Waals surface area contributed by atoms with E-state index in [-0.39, 0.29) is 11.0 Å². The SMILES string of the molecule is CCCCOC(=O)C=Cc1ccc(CO[Si](C)(C)C(C)(C)C)c(C)c1. The predicted octanol–water partition coefficient (Wildman–Crippen LogP) is 5.87. The fourth-order valence-electron chi connectivity index (χ4n) is 1.99. The van der Waals surface area contributed by atoms with Crippen molar-refractivity contribution in [3.05, 3.63) is 41.0 Å². The second-order valence-electron chi connectivity index (χ2n) is 8.09. The topological polar surface area (TPSA) is 35.5 Å². The monoisotopic (exact) mass is 362 g/mol. The van der Waals surface area contributed by atoms with Crippen LogP contribution in [0, 0.1) is 6.92 Å². The van der Waals surface area contributed by atoms with Crippen molar-refractivity contribution >= 4 is 20.4 Å². The highest BCUT2D eigenvalue weighted by molar-refractivity contribution is 6.74. The van der Waals surface area contributed by atoms with Crippen LogP contribution in [0.3, 0.4) is 0 Å². The summed E-state index contributed by atoms with van der Waals surface area (Å²) in [7, 11) is -1.75. The minimum Gasteiger partial charge on any atom is -0.463 e. The lowest BCUT2D eigenvalue weighted by atomic mass is 10.1. The van der Waals surface area contributed by atoms with Crippen molar-refractivity contribution < 1.29 is 14.0 Å². The normalized spacial score (nSPS) is 12.6. The third-order valence-electron chi connectivity index (χ3n) is 4.92. The number of rotatable bonds is 8. The van der Waals surface area contributed by atoms with Crippen LogP contribution in [0.25, 0.3) is 6.08 Å². The van der Waals surface area contributed by atoms with Gasteiger partial charge in [0.15, 0.2) is 8.32 Å². The second-order valence-corrected chi connectivity index (χ2v) is 12.9. The molecule has 0 heterocycles. The first kappa shape index (κ1) is 21.6. The molecule has 1 aromatic rings. The van der Waals surface area contributed by atoms with E-state index in [2.05, 4.69) is 59.8 Å². The third-order valence-corrected chi connectivity index (χ3v) is 9.39. The molecular formula is C21H34O3Si. The minimum atomic E-state index is -1.75. The van der Waals surface area contributed by atoms with E-state index in [9.17, 15) is 4.79 Å². The van der Waals surface area contributed by atoms with Crippen LogP contribution >= 0.6 is 0 Å². The zero-order valence-corrected chi connectivity index (χ0v) is 17.9. The number of hydrogen-bond acceptors (Lipinski definition) is 3. The van der Waals surface area contributed by atoms with Crippen molar-refractivity contribution in [1.82, 2.24) is 0 Å². The van der Waals surface area contributed by atoms with Gasteiger partial charge in [-0.2, -0.15) is 0 Å². The molecule has 4 heteroatoms. The average molecular weight is 363 g/mol. The average Bonchev–Trinajstić information content (AvgIpc) is 2.51. The molecule has 3 nitrogen and oxygen atoms in total. The summed E-state index contributed by atoms with van der Waals surface area (Å²) in [5, 5.41) is 0.210. The highest BCUT2D eigenvalue weighted by atomic mass is 28.4. The lowest BCUT2D eigenvalue weighted by molar-refractivity contribution is -0.137. The van der Waals surface area contributed by atoms with Gasteiger partial charge in [-0.05, 0) is 54.2 Å². The summed E-state index contributed by atoms with van der Waals surface area (Å²) in [5.74, 6) is -0.281. The summed E-state index contributed by atoms with van der Waals surface area (Å²) in [5.41, 5.74) is 3.38. The summed E-state index contributed by atoms with van der Waals surface area (Å²) < 4.78 is 11.4. The molecule has 0 saturated carbocycles. The molecule has 1 rings (SSSR count). The van der Waals surface area contributed by atoms with E-state index in [1.165, 1.54) is 17.2 Å². The van der Waals surface area contributed by atoms with Crippen LogP contribution in [-0.4, -0.2) is 20.9 Å². The van der Waals surface area contributed by atoms with E-state index in [0.717, 1.165) is 18.4 Å². The molecule has 0 atom stereocenters. The molecule has 0 N–H and O–H groups in total. The van der Waals surface area contributed by atoms with E-state index in [1.54, 1.807) is 6.08 Å². The molecule has 0 aromatic heterocycles. The molecular weight excluding hydrogens is 328 g/mol. The van der Waals surface area contributed by atoms with Crippen LogP contribution in [-0.2, 0) is 20.6 Å². The molecule has 0 fully saturated rings. The van der Waals surface area contributed by atoms with E-state index in [1.807, 2.05) is 6.07 Å². The first-order chi connectivity index (χ1) is 11.6. The predicted molar refractivity (Wildman–Crippen MR) is 108 cm³/mol. The summed E-state index contributed by atoms with van der Waals surface area (Å²) in [6.07, 6.45) is 5.23. The summed E-state index contributed by atoms with van der Waals surface area (Å²) in [4.78, 5) is 11.6. The Morgan fingerprint density at radius 3 is 2.48 bits per heavy atom. The van der Waals surface area contributed by atoms with Crippen molar-refractivity contribution in [3.63, 3.8) is 0 Å². The maximum Gasteiger partial charge on any atom is 0.330 e. The van der Waals surface area contributed by atoms with Crippen LogP contribution in [0.5, 0.6) is 0 Å². The minimum absolute atomic E-state index is 0.210. The number of benzene rings is 1. The lowest BCUT2D eigenvalue weighted by Gasteiger charge is -2.36. The van der Waals surface area contributed by atoms with Crippen LogP contribution in [0.1, 0.15) is 57.2 Å². The summed E-state index contributed by atoms with van der Waals surface area (Å²) in [6, 6.07) is 6.19. The fraction of sp³-hybridized carbons (Fsp3) is 0.571. The van der Waals surface area contributed by atoms with Gasteiger partial charge in [0.05, 0.1) is 13.2 Å². The molecule has 140 valence electrons. The molecule has 0 aliphatic heterocycles. The highest BCUT2D eigenvalue weighted by Crippen LogP contribution is 2.37. The van der Waals surface area contributed by atoms with E-state index in [4.69, 9.17) is 9.16 Å². The van der Waals surface area contributed by atoms with Gasteiger partial charge in [-0.25, -0.2) is 4.79 Å². The van der Waals surface area contributed by atoms with Crippen molar-refractivity contribution in [1.29, 1.82) is 0 Å². The van der Waals surface area contributed by atoms with E-state index >= 15 is 0 Å².